The largest absolute Gasteiger partial charge is 0.481 e. The van der Waals surface area contributed by atoms with Crippen LogP contribution >= 0.6 is 11.8 Å². The van der Waals surface area contributed by atoms with Crippen LogP contribution in [0.2, 0.25) is 0 Å². The molecule has 422 valence electrons. The van der Waals surface area contributed by atoms with Gasteiger partial charge in [-0.3, -0.25) is 52.8 Å². The Bertz CT molecular complexity index is 2430. The van der Waals surface area contributed by atoms with Gasteiger partial charge < -0.3 is 46.6 Å². The number of nitrogens with one attached hydrogen (secondary N) is 5. The lowest BCUT2D eigenvalue weighted by molar-refractivity contribution is -0.157. The third-order valence-electron chi connectivity index (χ3n) is 13.1. The number of hydrogen-bond donors (Lipinski definition) is 7. The van der Waals surface area contributed by atoms with Crippen LogP contribution in [0.5, 0.6) is 0 Å². The van der Waals surface area contributed by atoms with Crippen LogP contribution in [-0.4, -0.2) is 129 Å². The molecule has 4 rings (SSSR count). The summed E-state index contributed by atoms with van der Waals surface area (Å²) < 4.78 is 11.2. The normalized spacial score (nSPS) is 15.2. The van der Waals surface area contributed by atoms with Crippen molar-refractivity contribution >= 4 is 81.9 Å². The lowest BCUT2D eigenvalue weighted by atomic mass is 10.0. The number of rotatable bonds is 38. The first-order valence-electron chi connectivity index (χ1n) is 27.1. The van der Waals surface area contributed by atoms with Crippen LogP contribution < -0.4 is 27.0 Å². The van der Waals surface area contributed by atoms with E-state index in [0.717, 1.165) is 78.9 Å². The zero-order valence-electron chi connectivity index (χ0n) is 44.8. The molecule has 1 aromatic heterocycles. The van der Waals surface area contributed by atoms with Crippen LogP contribution in [0.3, 0.4) is 0 Å². The van der Waals surface area contributed by atoms with Crippen LogP contribution in [0.4, 0.5) is 0 Å². The van der Waals surface area contributed by atoms with E-state index in [9.17, 15) is 53.1 Å². The standard InChI is InChI=1S/C56H79N7O13S/c1-4-7-10-12-17-26-50(68)75-35-39(76-51(69)27-18-13-11-8-5-2)36-77-46-33-48(65)63(56(46)74)29-28-47(64)59-44(31-38-34-58-41-25-20-19-23-40(38)41)54(72)60-42(24-9-6-3)53(71)62-45(32-49(66)67)55(73)61-43(52(57)70)30-37-21-15-14-16-22-37/h14-16,19-23,25,34,39,42-46,58H,4-13,17-18,24,26-33,35-36H2,1-3H3,(H2,57,70)(H,59,64)(H,60,72)(H,61,73)(H,62,71)(H,66,67)/t39?,42-,43-,44-,45-,46?/m0/s1. The molecule has 1 aliphatic rings. The monoisotopic (exact) mass is 1090 g/mol. The Labute approximate surface area is 455 Å². The second kappa shape index (κ2) is 34.1. The van der Waals surface area contributed by atoms with Crippen molar-refractivity contribution in [2.24, 2.45) is 5.73 Å². The third kappa shape index (κ3) is 22.4. The van der Waals surface area contributed by atoms with Crippen molar-refractivity contribution in [2.45, 2.75) is 185 Å². The van der Waals surface area contributed by atoms with Gasteiger partial charge in [0.15, 0.2) is 0 Å². The zero-order chi connectivity index (χ0) is 56.1. The lowest BCUT2D eigenvalue weighted by Crippen LogP contribution is -2.58. The van der Waals surface area contributed by atoms with Crippen molar-refractivity contribution in [1.82, 2.24) is 31.2 Å². The predicted molar refractivity (Wildman–Crippen MR) is 291 cm³/mol. The van der Waals surface area contributed by atoms with E-state index < -0.39 is 101 Å². The number of carboxylic acids is 1. The number of ether oxygens (including phenoxy) is 2. The van der Waals surface area contributed by atoms with Crippen LogP contribution in [0.15, 0.2) is 60.8 Å². The molecule has 6 atom stereocenters. The summed E-state index contributed by atoms with van der Waals surface area (Å²) >= 11 is 1.10. The van der Waals surface area contributed by atoms with Crippen LogP contribution in [0.25, 0.3) is 10.9 Å². The van der Waals surface area contributed by atoms with Gasteiger partial charge in [0.2, 0.25) is 41.4 Å². The number of imide groups is 1. The average molecular weight is 1090 g/mol. The molecule has 7 amide bonds. The summed E-state index contributed by atoms with van der Waals surface area (Å²) in [5, 5.41) is 19.9. The molecule has 1 aliphatic heterocycles. The van der Waals surface area contributed by atoms with E-state index in [4.69, 9.17) is 15.2 Å². The van der Waals surface area contributed by atoms with E-state index in [-0.39, 0.29) is 63.9 Å². The lowest BCUT2D eigenvalue weighted by Gasteiger charge is -2.26. The first kappa shape index (κ1) is 62.8. The molecule has 0 aliphatic carbocycles. The number of nitrogens with two attached hydrogens (primary N) is 1. The van der Waals surface area contributed by atoms with E-state index in [0.29, 0.717) is 36.8 Å². The van der Waals surface area contributed by atoms with Crippen molar-refractivity contribution in [3.8, 4) is 0 Å². The number of likely N-dealkylation sites (tertiary alicyclic amines) is 1. The van der Waals surface area contributed by atoms with Crippen LogP contribution in [-0.2, 0) is 70.3 Å². The van der Waals surface area contributed by atoms with Gasteiger partial charge in [0.25, 0.3) is 0 Å². The van der Waals surface area contributed by atoms with Gasteiger partial charge in [0, 0.05) is 67.9 Å². The summed E-state index contributed by atoms with van der Waals surface area (Å²) in [6, 6.07) is 10.4. The summed E-state index contributed by atoms with van der Waals surface area (Å²) in [5.74, 6) is -7.52. The maximum atomic E-state index is 14.3. The molecule has 1 saturated heterocycles. The molecule has 77 heavy (non-hydrogen) atoms. The number of carbonyl (C=O) groups is 10. The number of aliphatic carboxylic acids is 1. The van der Waals surface area contributed by atoms with Gasteiger partial charge in [-0.25, -0.2) is 0 Å². The summed E-state index contributed by atoms with van der Waals surface area (Å²) in [6.07, 6.45) is 10.2. The van der Waals surface area contributed by atoms with E-state index in [1.807, 2.05) is 25.1 Å². The van der Waals surface area contributed by atoms with Crippen LogP contribution in [0.1, 0.15) is 147 Å². The number of amides is 7. The highest BCUT2D eigenvalue weighted by molar-refractivity contribution is 8.00. The van der Waals surface area contributed by atoms with Gasteiger partial charge >= 0.3 is 17.9 Å². The second-order valence-electron chi connectivity index (χ2n) is 19.5. The Hall–Kier alpha value is -6.77. The molecule has 2 aromatic carbocycles. The Morgan fingerprint density at radius 3 is 1.96 bits per heavy atom. The number of primary amides is 1. The number of unbranched alkanes of at least 4 members (excludes halogenated alkanes) is 9. The fourth-order valence-corrected chi connectivity index (χ4v) is 9.91. The number of carbonyl (C=O) groups excluding carboxylic acids is 9. The van der Waals surface area contributed by atoms with Gasteiger partial charge in [-0.1, -0.05) is 134 Å². The summed E-state index contributed by atoms with van der Waals surface area (Å²) in [4.78, 5) is 137. The number of para-hydroxylation sites is 1. The Balaban J connectivity index is 1.44. The third-order valence-corrected chi connectivity index (χ3v) is 14.5. The molecule has 21 heteroatoms. The number of H-pyrrole nitrogens is 1. The van der Waals surface area contributed by atoms with E-state index in [1.165, 1.54) is 0 Å². The second-order valence-corrected chi connectivity index (χ2v) is 20.7. The zero-order valence-corrected chi connectivity index (χ0v) is 45.6. The minimum atomic E-state index is -1.68. The number of fused-ring (bicyclic) bond motifs is 1. The highest BCUT2D eigenvalue weighted by Crippen LogP contribution is 2.27. The quantitative estimate of drug-likeness (QED) is 0.0213. The number of thioether (sulfide) groups is 1. The van der Waals surface area contributed by atoms with Gasteiger partial charge in [-0.15, -0.1) is 11.8 Å². The minimum Gasteiger partial charge on any atom is -0.481 e. The van der Waals surface area contributed by atoms with Gasteiger partial charge in [0.1, 0.15) is 36.9 Å². The Morgan fingerprint density at radius 2 is 1.30 bits per heavy atom. The molecule has 2 heterocycles. The molecular formula is C56H79N7O13S. The molecule has 0 radical (unpaired) electrons. The number of aromatic nitrogens is 1. The molecule has 8 N–H and O–H groups in total. The maximum absolute atomic E-state index is 14.3. The van der Waals surface area contributed by atoms with Gasteiger partial charge in [0.05, 0.1) is 11.7 Å². The molecule has 0 spiro atoms. The number of hydrogen-bond acceptors (Lipinski definition) is 13. The molecular weight excluding hydrogens is 1010 g/mol. The van der Waals surface area contributed by atoms with Crippen molar-refractivity contribution in [3.05, 3.63) is 71.9 Å². The van der Waals surface area contributed by atoms with E-state index in [1.54, 1.807) is 42.6 Å². The highest BCUT2D eigenvalue weighted by atomic mass is 32.2. The first-order chi connectivity index (χ1) is 37.0. The number of aromatic amines is 1. The van der Waals surface area contributed by atoms with Crippen molar-refractivity contribution < 1.29 is 62.5 Å². The van der Waals surface area contributed by atoms with E-state index in [2.05, 4.69) is 40.1 Å². The minimum absolute atomic E-state index is 0.00117. The molecule has 20 nitrogen and oxygen atoms in total. The molecule has 0 bridgehead atoms. The topological polar surface area (TPSA) is 303 Å². The number of carboxylic acid groups (broad SMARTS) is 1. The smallest absolute Gasteiger partial charge is 0.306 e. The predicted octanol–water partition coefficient (Wildman–Crippen LogP) is 5.47. The fraction of sp³-hybridized carbons (Fsp3) is 0.571. The number of esters is 2. The maximum Gasteiger partial charge on any atom is 0.306 e. The Morgan fingerprint density at radius 1 is 0.701 bits per heavy atom. The average Bonchev–Trinajstić information content (AvgIpc) is 3.95. The fourth-order valence-electron chi connectivity index (χ4n) is 8.77. The number of nitrogens with zero attached hydrogens (tertiary/aromatic N) is 1. The van der Waals surface area contributed by atoms with Crippen molar-refractivity contribution in [2.75, 3.05) is 18.9 Å². The summed E-state index contributed by atoms with van der Waals surface area (Å²) in [7, 11) is 0. The summed E-state index contributed by atoms with van der Waals surface area (Å²) in [6.45, 7) is 5.55. The molecule has 2 unspecified atom stereocenters. The SMILES string of the molecule is CCCCCCCC(=O)OCC(CSC1CC(=O)N(CCC(=O)N[C@@H](Cc2c[nH]c3ccccc23)C(=O)N[C@@H](CCCC)C(=O)N[C@@H](CC(=O)O)C(=O)N[C@@H](Cc2ccccc2)C(N)=O)C1=O)OC(=O)CCCCCCC. The highest BCUT2D eigenvalue weighted by Gasteiger charge is 2.40. The Kier molecular flexibility index (Phi) is 27.8. The first-order valence-corrected chi connectivity index (χ1v) is 28.2. The van der Waals surface area contributed by atoms with Crippen molar-refractivity contribution in [1.29, 1.82) is 0 Å². The van der Waals surface area contributed by atoms with Gasteiger partial charge in [-0.05, 0) is 36.5 Å². The molecule has 1 fully saturated rings. The van der Waals surface area contributed by atoms with Gasteiger partial charge in [-0.2, -0.15) is 0 Å². The molecule has 3 aromatic rings. The summed E-state index contributed by atoms with van der Waals surface area (Å²) in [5.41, 5.74) is 7.66. The van der Waals surface area contributed by atoms with E-state index >= 15 is 0 Å². The van der Waals surface area contributed by atoms with Crippen LogP contribution in [0, 0.1) is 0 Å². The number of benzene rings is 2. The molecule has 0 saturated carbocycles. The van der Waals surface area contributed by atoms with Crippen molar-refractivity contribution in [3.63, 3.8) is 0 Å².